The molecule has 0 radical (unpaired) electrons. The maximum atomic E-state index is 12.8. The van der Waals surface area contributed by atoms with Crippen LogP contribution in [0, 0.1) is 0 Å². The predicted octanol–water partition coefficient (Wildman–Crippen LogP) is 2.01. The predicted molar refractivity (Wildman–Crippen MR) is 132 cm³/mol. The maximum Gasteiger partial charge on any atom is 0.315 e. The van der Waals surface area contributed by atoms with Crippen LogP contribution >= 0.6 is 0 Å². The molecule has 34 heavy (non-hydrogen) atoms. The molecule has 2 aliphatic rings. The molecule has 0 atom stereocenters. The molecule has 9 nitrogen and oxygen atoms in total. The third kappa shape index (κ3) is 6.05. The van der Waals surface area contributed by atoms with Crippen LogP contribution in [0.5, 0.6) is 0 Å². The number of piperazine rings is 1. The van der Waals surface area contributed by atoms with Crippen LogP contribution in [0.15, 0.2) is 47.5 Å². The minimum absolute atomic E-state index is 0.279. The van der Waals surface area contributed by atoms with Crippen molar-refractivity contribution < 1.29 is 13.2 Å². The fourth-order valence-electron chi connectivity index (χ4n) is 4.33. The van der Waals surface area contributed by atoms with Gasteiger partial charge in [-0.05, 0) is 43.7 Å². The van der Waals surface area contributed by atoms with Crippen molar-refractivity contribution in [2.75, 3.05) is 51.2 Å². The van der Waals surface area contributed by atoms with E-state index >= 15 is 0 Å². The standard InChI is InChI=1S/C24H34N6O3S/c1-28-14-16-29(17-15-28)23-21(6-5-11-25-23)19-27-24(31)26-18-20-7-9-22(10-8-20)34(32,33)30-12-3-2-4-13-30/h5-11H,2-4,12-19H2,1H3,(H2,26,27,31). The number of urea groups is 1. The van der Waals surface area contributed by atoms with Crippen LogP contribution in [0.3, 0.4) is 0 Å². The number of nitrogens with one attached hydrogen (secondary N) is 2. The number of carbonyl (C=O) groups excluding carboxylic acids is 1. The zero-order valence-electron chi connectivity index (χ0n) is 19.7. The second-order valence-electron chi connectivity index (χ2n) is 8.92. The Kier molecular flexibility index (Phi) is 8.02. The Morgan fingerprint density at radius 2 is 1.59 bits per heavy atom. The van der Waals surface area contributed by atoms with Gasteiger partial charge in [0.15, 0.2) is 0 Å². The Hall–Kier alpha value is -2.69. The lowest BCUT2D eigenvalue weighted by Gasteiger charge is -2.34. The summed E-state index contributed by atoms with van der Waals surface area (Å²) >= 11 is 0. The van der Waals surface area contributed by atoms with Gasteiger partial charge in [0.25, 0.3) is 0 Å². The first-order valence-electron chi connectivity index (χ1n) is 11.9. The average molecular weight is 487 g/mol. The number of rotatable bonds is 7. The number of benzene rings is 1. The number of piperidine rings is 1. The Morgan fingerprint density at radius 3 is 2.29 bits per heavy atom. The molecule has 2 aromatic rings. The zero-order valence-corrected chi connectivity index (χ0v) is 20.6. The van der Waals surface area contributed by atoms with Gasteiger partial charge in [-0.1, -0.05) is 24.6 Å². The van der Waals surface area contributed by atoms with Crippen molar-refractivity contribution in [1.82, 2.24) is 24.8 Å². The number of hydrogen-bond donors (Lipinski definition) is 2. The average Bonchev–Trinajstić information content (AvgIpc) is 2.88. The van der Waals surface area contributed by atoms with Crippen molar-refractivity contribution in [2.45, 2.75) is 37.2 Å². The third-order valence-corrected chi connectivity index (χ3v) is 8.35. The molecule has 1 aromatic carbocycles. The van der Waals surface area contributed by atoms with Crippen LogP contribution in [-0.2, 0) is 23.1 Å². The monoisotopic (exact) mass is 486 g/mol. The molecule has 2 N–H and O–H groups in total. The summed E-state index contributed by atoms with van der Waals surface area (Å²) in [5.41, 5.74) is 1.82. The molecule has 4 rings (SSSR count). The van der Waals surface area contributed by atoms with Gasteiger partial charge in [0.1, 0.15) is 5.82 Å². The minimum Gasteiger partial charge on any atom is -0.354 e. The van der Waals surface area contributed by atoms with E-state index in [2.05, 4.69) is 32.5 Å². The summed E-state index contributed by atoms with van der Waals surface area (Å²) in [6.07, 6.45) is 4.68. The van der Waals surface area contributed by atoms with Crippen LogP contribution in [0.25, 0.3) is 0 Å². The summed E-state index contributed by atoms with van der Waals surface area (Å²) in [6, 6.07) is 10.3. The van der Waals surface area contributed by atoms with E-state index < -0.39 is 10.0 Å². The molecular weight excluding hydrogens is 452 g/mol. The van der Waals surface area contributed by atoms with E-state index in [4.69, 9.17) is 0 Å². The number of hydrogen-bond acceptors (Lipinski definition) is 6. The Balaban J connectivity index is 1.28. The summed E-state index contributed by atoms with van der Waals surface area (Å²) < 4.78 is 27.1. The molecule has 3 heterocycles. The van der Waals surface area contributed by atoms with Crippen molar-refractivity contribution in [1.29, 1.82) is 0 Å². The molecule has 0 saturated carbocycles. The van der Waals surface area contributed by atoms with E-state index in [1.54, 1.807) is 34.8 Å². The SMILES string of the molecule is CN1CCN(c2ncccc2CNC(=O)NCc2ccc(S(=O)(=O)N3CCCCC3)cc2)CC1. The van der Waals surface area contributed by atoms with E-state index in [9.17, 15) is 13.2 Å². The molecule has 2 amide bonds. The van der Waals surface area contributed by atoms with Crippen molar-refractivity contribution in [2.24, 2.45) is 0 Å². The van der Waals surface area contributed by atoms with Gasteiger partial charge in [-0.25, -0.2) is 18.2 Å². The fourth-order valence-corrected chi connectivity index (χ4v) is 5.84. The lowest BCUT2D eigenvalue weighted by Crippen LogP contribution is -2.45. The topological polar surface area (TPSA) is 97.9 Å². The Bertz CT molecular complexity index is 1060. The summed E-state index contributed by atoms with van der Waals surface area (Å²) in [4.78, 5) is 21.8. The molecule has 2 saturated heterocycles. The van der Waals surface area contributed by atoms with Gasteiger partial charge in [0, 0.05) is 64.1 Å². The van der Waals surface area contributed by atoms with Gasteiger partial charge in [-0.2, -0.15) is 4.31 Å². The quantitative estimate of drug-likeness (QED) is 0.621. The first-order chi connectivity index (χ1) is 16.4. The number of pyridine rings is 1. The van der Waals surface area contributed by atoms with Crippen LogP contribution in [0.2, 0.25) is 0 Å². The van der Waals surface area contributed by atoms with Crippen molar-refractivity contribution in [3.05, 3.63) is 53.7 Å². The van der Waals surface area contributed by atoms with E-state index in [0.29, 0.717) is 31.1 Å². The summed E-state index contributed by atoms with van der Waals surface area (Å²) in [6.45, 7) is 5.66. The van der Waals surface area contributed by atoms with E-state index in [1.165, 1.54) is 0 Å². The smallest absolute Gasteiger partial charge is 0.315 e. The highest BCUT2D eigenvalue weighted by atomic mass is 32.2. The van der Waals surface area contributed by atoms with E-state index in [-0.39, 0.29) is 6.03 Å². The number of anilines is 1. The van der Waals surface area contributed by atoms with Gasteiger partial charge >= 0.3 is 6.03 Å². The number of carbonyl (C=O) groups is 1. The molecule has 0 aliphatic carbocycles. The summed E-state index contributed by atoms with van der Waals surface area (Å²) in [5.74, 6) is 0.918. The number of likely N-dealkylation sites (N-methyl/N-ethyl adjacent to an activating group) is 1. The molecule has 0 unspecified atom stereocenters. The molecule has 2 aliphatic heterocycles. The first kappa shape index (κ1) is 24.4. The summed E-state index contributed by atoms with van der Waals surface area (Å²) in [7, 11) is -1.33. The lowest BCUT2D eigenvalue weighted by atomic mass is 10.2. The van der Waals surface area contributed by atoms with Crippen LogP contribution in [0.4, 0.5) is 10.6 Å². The number of sulfonamides is 1. The van der Waals surface area contributed by atoms with Crippen LogP contribution in [0.1, 0.15) is 30.4 Å². The molecule has 184 valence electrons. The number of nitrogens with zero attached hydrogens (tertiary/aromatic N) is 4. The van der Waals surface area contributed by atoms with Gasteiger partial charge < -0.3 is 20.4 Å². The highest BCUT2D eigenvalue weighted by Gasteiger charge is 2.25. The largest absolute Gasteiger partial charge is 0.354 e. The molecule has 0 spiro atoms. The first-order valence-corrected chi connectivity index (χ1v) is 13.4. The number of amides is 2. The second-order valence-corrected chi connectivity index (χ2v) is 10.9. The van der Waals surface area contributed by atoms with Crippen LogP contribution in [-0.4, -0.2) is 75.0 Å². The summed E-state index contributed by atoms with van der Waals surface area (Å²) in [5, 5.41) is 5.75. The molecule has 10 heteroatoms. The van der Waals surface area contributed by atoms with Gasteiger partial charge in [0.05, 0.1) is 4.90 Å². The van der Waals surface area contributed by atoms with Gasteiger partial charge in [0.2, 0.25) is 10.0 Å². The molecule has 0 bridgehead atoms. The van der Waals surface area contributed by atoms with Crippen molar-refractivity contribution in [3.63, 3.8) is 0 Å². The maximum absolute atomic E-state index is 12.8. The molecule has 2 fully saturated rings. The lowest BCUT2D eigenvalue weighted by molar-refractivity contribution is 0.240. The van der Waals surface area contributed by atoms with Crippen molar-refractivity contribution in [3.8, 4) is 0 Å². The van der Waals surface area contributed by atoms with Crippen LogP contribution < -0.4 is 15.5 Å². The minimum atomic E-state index is -3.44. The second kappa shape index (κ2) is 11.2. The Labute approximate surface area is 202 Å². The third-order valence-electron chi connectivity index (χ3n) is 6.44. The fraction of sp³-hybridized carbons (Fsp3) is 0.500. The normalized spacial score (nSPS) is 18.0. The molecule has 1 aromatic heterocycles. The Morgan fingerprint density at radius 1 is 0.912 bits per heavy atom. The molecular formula is C24H34N6O3S. The number of aromatic nitrogens is 1. The van der Waals surface area contributed by atoms with Gasteiger partial charge in [-0.15, -0.1) is 0 Å². The zero-order chi connectivity index (χ0) is 24.0. The van der Waals surface area contributed by atoms with E-state index in [1.807, 2.05) is 12.1 Å². The van der Waals surface area contributed by atoms with Crippen molar-refractivity contribution >= 4 is 21.9 Å². The highest BCUT2D eigenvalue weighted by Crippen LogP contribution is 2.21. The van der Waals surface area contributed by atoms with Gasteiger partial charge in [-0.3, -0.25) is 0 Å². The highest BCUT2D eigenvalue weighted by molar-refractivity contribution is 7.89. The van der Waals surface area contributed by atoms with E-state index in [0.717, 1.165) is 62.4 Å².